The molecule has 16 heavy (non-hydrogen) atoms. The van der Waals surface area contributed by atoms with Gasteiger partial charge in [0, 0.05) is 5.56 Å². The fraction of sp³-hybridized carbons (Fsp3) is 0.500. The van der Waals surface area contributed by atoms with E-state index in [4.69, 9.17) is 0 Å². The van der Waals surface area contributed by atoms with Crippen molar-refractivity contribution in [3.63, 3.8) is 0 Å². The highest BCUT2D eigenvalue weighted by Crippen LogP contribution is 2.30. The maximum Gasteiger partial charge on any atom is 0.387 e. The molecule has 90 valence electrons. The molecule has 0 aliphatic heterocycles. The standard InChI is InChI=1S/C12H16F2O2/c1-8(2)7-10(15)9-5-3-4-6-11(9)16-12(13)14/h3-6,8,10,12,15H,7H2,1-2H3. The van der Waals surface area contributed by atoms with Gasteiger partial charge in [-0.1, -0.05) is 32.0 Å². The zero-order valence-corrected chi connectivity index (χ0v) is 9.36. The summed E-state index contributed by atoms with van der Waals surface area (Å²) in [7, 11) is 0. The van der Waals surface area contributed by atoms with E-state index in [-0.39, 0.29) is 11.7 Å². The fourth-order valence-electron chi connectivity index (χ4n) is 1.53. The van der Waals surface area contributed by atoms with Gasteiger partial charge in [-0.3, -0.25) is 0 Å². The summed E-state index contributed by atoms with van der Waals surface area (Å²) in [5.41, 5.74) is 0.413. The number of alkyl halides is 2. The van der Waals surface area contributed by atoms with Crippen molar-refractivity contribution in [1.29, 1.82) is 0 Å². The molecule has 0 saturated carbocycles. The Balaban J connectivity index is 2.85. The SMILES string of the molecule is CC(C)CC(O)c1ccccc1OC(F)F. The number of aliphatic hydroxyl groups excluding tert-OH is 1. The number of benzene rings is 1. The minimum atomic E-state index is -2.87. The molecule has 1 aromatic rings. The smallest absolute Gasteiger partial charge is 0.387 e. The molecule has 0 aliphatic rings. The first-order valence-corrected chi connectivity index (χ1v) is 5.22. The minimum Gasteiger partial charge on any atom is -0.434 e. The molecular formula is C12H16F2O2. The second-order valence-corrected chi connectivity index (χ2v) is 4.06. The summed E-state index contributed by atoms with van der Waals surface area (Å²) in [6.45, 7) is 1.05. The Morgan fingerprint density at radius 3 is 2.44 bits per heavy atom. The van der Waals surface area contributed by atoms with Gasteiger partial charge in [0.05, 0.1) is 6.10 Å². The number of ether oxygens (including phenoxy) is 1. The maximum atomic E-state index is 12.1. The summed E-state index contributed by atoms with van der Waals surface area (Å²) >= 11 is 0. The van der Waals surface area contributed by atoms with E-state index in [0.717, 1.165) is 0 Å². The van der Waals surface area contributed by atoms with Crippen molar-refractivity contribution in [2.24, 2.45) is 5.92 Å². The van der Waals surface area contributed by atoms with Crippen molar-refractivity contribution in [3.05, 3.63) is 29.8 Å². The van der Waals surface area contributed by atoms with Crippen LogP contribution in [0.1, 0.15) is 31.9 Å². The number of hydrogen-bond acceptors (Lipinski definition) is 2. The van der Waals surface area contributed by atoms with Gasteiger partial charge in [-0.15, -0.1) is 0 Å². The minimum absolute atomic E-state index is 0.0469. The van der Waals surface area contributed by atoms with Crippen LogP contribution >= 0.6 is 0 Å². The van der Waals surface area contributed by atoms with Crippen molar-refractivity contribution in [3.8, 4) is 5.75 Å². The lowest BCUT2D eigenvalue weighted by Crippen LogP contribution is -2.08. The van der Waals surface area contributed by atoms with Crippen LogP contribution in [0.25, 0.3) is 0 Å². The molecular weight excluding hydrogens is 214 g/mol. The van der Waals surface area contributed by atoms with E-state index < -0.39 is 12.7 Å². The van der Waals surface area contributed by atoms with Crippen LogP contribution in [-0.2, 0) is 0 Å². The van der Waals surface area contributed by atoms with E-state index in [2.05, 4.69) is 4.74 Å². The zero-order valence-electron chi connectivity index (χ0n) is 9.36. The third-order valence-corrected chi connectivity index (χ3v) is 2.19. The lowest BCUT2D eigenvalue weighted by Gasteiger charge is -2.17. The Labute approximate surface area is 93.9 Å². The molecule has 0 fully saturated rings. The van der Waals surface area contributed by atoms with Crippen LogP contribution < -0.4 is 4.74 Å². The number of aliphatic hydroxyl groups is 1. The lowest BCUT2D eigenvalue weighted by molar-refractivity contribution is -0.0517. The van der Waals surface area contributed by atoms with E-state index >= 15 is 0 Å². The van der Waals surface area contributed by atoms with Crippen LogP contribution in [0, 0.1) is 5.92 Å². The monoisotopic (exact) mass is 230 g/mol. The van der Waals surface area contributed by atoms with Crippen molar-refractivity contribution in [2.45, 2.75) is 33.0 Å². The van der Waals surface area contributed by atoms with Gasteiger partial charge in [-0.2, -0.15) is 8.78 Å². The van der Waals surface area contributed by atoms with Gasteiger partial charge in [0.25, 0.3) is 0 Å². The summed E-state index contributed by atoms with van der Waals surface area (Å²) in [6, 6.07) is 6.33. The van der Waals surface area contributed by atoms with Crippen LogP contribution in [0.15, 0.2) is 24.3 Å². The quantitative estimate of drug-likeness (QED) is 0.840. The lowest BCUT2D eigenvalue weighted by atomic mass is 9.99. The molecule has 0 amide bonds. The molecule has 0 aromatic heterocycles. The third-order valence-electron chi connectivity index (χ3n) is 2.19. The largest absolute Gasteiger partial charge is 0.434 e. The van der Waals surface area contributed by atoms with Crippen LogP contribution in [0.5, 0.6) is 5.75 Å². The first-order valence-electron chi connectivity index (χ1n) is 5.22. The van der Waals surface area contributed by atoms with E-state index in [9.17, 15) is 13.9 Å². The van der Waals surface area contributed by atoms with Gasteiger partial charge in [-0.25, -0.2) is 0 Å². The summed E-state index contributed by atoms with van der Waals surface area (Å²) in [6.07, 6.45) is -0.251. The first kappa shape index (κ1) is 12.9. The predicted molar refractivity (Wildman–Crippen MR) is 57.5 cm³/mol. The fourth-order valence-corrected chi connectivity index (χ4v) is 1.53. The average molecular weight is 230 g/mol. The second kappa shape index (κ2) is 5.80. The highest BCUT2D eigenvalue weighted by Gasteiger charge is 2.16. The summed E-state index contributed by atoms with van der Waals surface area (Å²) in [5, 5.41) is 9.86. The normalized spacial score (nSPS) is 13.2. The first-order chi connectivity index (χ1) is 7.50. The molecule has 0 aliphatic carbocycles. The molecule has 0 heterocycles. The molecule has 1 N–H and O–H groups in total. The number of rotatable bonds is 5. The maximum absolute atomic E-state index is 12.1. The highest BCUT2D eigenvalue weighted by atomic mass is 19.3. The molecule has 0 saturated heterocycles. The van der Waals surface area contributed by atoms with E-state index in [1.165, 1.54) is 6.07 Å². The van der Waals surface area contributed by atoms with E-state index in [1.54, 1.807) is 18.2 Å². The third kappa shape index (κ3) is 3.77. The molecule has 0 bridgehead atoms. The molecule has 0 spiro atoms. The summed E-state index contributed by atoms with van der Waals surface area (Å²) in [4.78, 5) is 0. The van der Waals surface area contributed by atoms with Gasteiger partial charge < -0.3 is 9.84 Å². The Hall–Kier alpha value is -1.16. The van der Waals surface area contributed by atoms with Crippen LogP contribution in [-0.4, -0.2) is 11.7 Å². The molecule has 0 radical (unpaired) electrons. The topological polar surface area (TPSA) is 29.5 Å². The Morgan fingerprint density at radius 1 is 1.25 bits per heavy atom. The van der Waals surface area contributed by atoms with Crippen molar-refractivity contribution in [1.82, 2.24) is 0 Å². The van der Waals surface area contributed by atoms with Gasteiger partial charge in [0.1, 0.15) is 5.75 Å². The van der Waals surface area contributed by atoms with Crippen molar-refractivity contribution in [2.75, 3.05) is 0 Å². The molecule has 1 atom stereocenters. The van der Waals surface area contributed by atoms with E-state index in [1.807, 2.05) is 13.8 Å². The van der Waals surface area contributed by atoms with Gasteiger partial charge in [0.2, 0.25) is 0 Å². The van der Waals surface area contributed by atoms with E-state index in [0.29, 0.717) is 12.0 Å². The predicted octanol–water partition coefficient (Wildman–Crippen LogP) is 3.37. The Bertz CT molecular complexity index is 327. The van der Waals surface area contributed by atoms with Crippen LogP contribution in [0.4, 0.5) is 8.78 Å². The number of para-hydroxylation sites is 1. The molecule has 1 rings (SSSR count). The number of hydrogen-bond donors (Lipinski definition) is 1. The van der Waals surface area contributed by atoms with Gasteiger partial charge >= 0.3 is 6.61 Å². The van der Waals surface area contributed by atoms with Crippen LogP contribution in [0.3, 0.4) is 0 Å². The van der Waals surface area contributed by atoms with Gasteiger partial charge in [0.15, 0.2) is 0 Å². The molecule has 1 aromatic carbocycles. The van der Waals surface area contributed by atoms with Crippen LogP contribution in [0.2, 0.25) is 0 Å². The molecule has 2 nitrogen and oxygen atoms in total. The second-order valence-electron chi connectivity index (χ2n) is 4.06. The Kier molecular flexibility index (Phi) is 4.68. The van der Waals surface area contributed by atoms with Crippen molar-refractivity contribution < 1.29 is 18.6 Å². The summed E-state index contributed by atoms with van der Waals surface area (Å²) < 4.78 is 28.6. The van der Waals surface area contributed by atoms with Gasteiger partial charge in [-0.05, 0) is 18.4 Å². The highest BCUT2D eigenvalue weighted by molar-refractivity contribution is 5.35. The number of halogens is 2. The molecule has 4 heteroatoms. The average Bonchev–Trinajstić information content (AvgIpc) is 2.16. The van der Waals surface area contributed by atoms with Crippen molar-refractivity contribution >= 4 is 0 Å². The Morgan fingerprint density at radius 2 is 1.88 bits per heavy atom. The zero-order chi connectivity index (χ0) is 12.1. The molecule has 1 unspecified atom stereocenters. The summed E-state index contributed by atoms with van der Waals surface area (Å²) in [5.74, 6) is 0.334.